The summed E-state index contributed by atoms with van der Waals surface area (Å²) in [5.41, 5.74) is 3.71. The number of aryl methyl sites for hydroxylation is 1. The van der Waals surface area contributed by atoms with Gasteiger partial charge in [-0.1, -0.05) is 23.9 Å². The van der Waals surface area contributed by atoms with Crippen LogP contribution in [-0.4, -0.2) is 29.4 Å². The Morgan fingerprint density at radius 2 is 2.05 bits per heavy atom. The van der Waals surface area contributed by atoms with Crippen LogP contribution in [0.25, 0.3) is 0 Å². The van der Waals surface area contributed by atoms with Crippen molar-refractivity contribution in [3.05, 3.63) is 35.9 Å². The van der Waals surface area contributed by atoms with Gasteiger partial charge < -0.3 is 15.5 Å². The molecule has 0 unspecified atom stereocenters. The number of nitrogens with zero attached hydrogens (tertiary/aromatic N) is 2. The van der Waals surface area contributed by atoms with E-state index in [1.807, 2.05) is 37.4 Å². The Kier molecular flexibility index (Phi) is 5.65. The maximum atomic E-state index is 5.67. The van der Waals surface area contributed by atoms with E-state index in [-0.39, 0.29) is 0 Å². The summed E-state index contributed by atoms with van der Waals surface area (Å²) >= 11 is 1.46. The van der Waals surface area contributed by atoms with E-state index in [0.717, 1.165) is 11.6 Å². The predicted molar refractivity (Wildman–Crippen MR) is 86.8 cm³/mol. The van der Waals surface area contributed by atoms with Crippen LogP contribution in [0.3, 0.4) is 0 Å². The fourth-order valence-corrected chi connectivity index (χ4v) is 2.11. The van der Waals surface area contributed by atoms with Gasteiger partial charge in [0, 0.05) is 6.07 Å². The lowest BCUT2D eigenvalue weighted by molar-refractivity contribution is 0.332. The van der Waals surface area contributed by atoms with Crippen LogP contribution in [0.2, 0.25) is 0 Å². The number of ether oxygens (including phenoxy) is 1. The van der Waals surface area contributed by atoms with Gasteiger partial charge >= 0.3 is 0 Å². The number of aromatic nitrogens is 2. The highest BCUT2D eigenvalue weighted by Gasteiger charge is 2.03. The molecule has 0 aliphatic heterocycles. The van der Waals surface area contributed by atoms with Crippen LogP contribution in [0, 0.1) is 6.92 Å². The molecular weight excluding hydrogens is 286 g/mol. The fourth-order valence-electron chi connectivity index (χ4n) is 1.73. The number of rotatable bonds is 7. The number of nitrogens with one attached hydrogen (secondary N) is 2. The first-order valence-corrected chi connectivity index (χ1v) is 7.77. The molecule has 0 aliphatic rings. The van der Waals surface area contributed by atoms with Gasteiger partial charge in [0.05, 0.1) is 6.54 Å². The molecule has 2 aromatic rings. The zero-order chi connectivity index (χ0) is 15.1. The Labute approximate surface area is 128 Å². The first-order chi connectivity index (χ1) is 10.2. The van der Waals surface area contributed by atoms with E-state index in [4.69, 9.17) is 10.6 Å². The Hall–Kier alpha value is -1.99. The summed E-state index contributed by atoms with van der Waals surface area (Å²) in [7, 11) is 0. The van der Waals surface area contributed by atoms with Gasteiger partial charge in [-0.05, 0) is 30.9 Å². The van der Waals surface area contributed by atoms with Crippen molar-refractivity contribution in [1.29, 1.82) is 0 Å². The number of hydrazine groups is 1. The van der Waals surface area contributed by atoms with Crippen molar-refractivity contribution >= 4 is 23.4 Å². The molecule has 1 aromatic heterocycles. The first kappa shape index (κ1) is 15.4. The third-order valence-electron chi connectivity index (χ3n) is 2.70. The van der Waals surface area contributed by atoms with E-state index in [2.05, 4.69) is 20.7 Å². The van der Waals surface area contributed by atoms with Crippen molar-refractivity contribution < 1.29 is 4.74 Å². The highest BCUT2D eigenvalue weighted by molar-refractivity contribution is 7.98. The highest BCUT2D eigenvalue weighted by atomic mass is 32.2. The number of nitrogens with two attached hydrogens (primary N) is 1. The SMILES string of the molecule is CSc1nc(NN)cc(NCCOc2cccc(C)c2)n1. The molecule has 0 amide bonds. The highest BCUT2D eigenvalue weighted by Crippen LogP contribution is 2.16. The third-order valence-corrected chi connectivity index (χ3v) is 3.25. The Morgan fingerprint density at radius 3 is 2.76 bits per heavy atom. The molecule has 6 nitrogen and oxygen atoms in total. The molecule has 1 aromatic carbocycles. The van der Waals surface area contributed by atoms with Crippen molar-refractivity contribution in [3.63, 3.8) is 0 Å². The molecule has 112 valence electrons. The average Bonchev–Trinajstić information content (AvgIpc) is 2.51. The van der Waals surface area contributed by atoms with Crippen molar-refractivity contribution in [2.24, 2.45) is 5.84 Å². The smallest absolute Gasteiger partial charge is 0.191 e. The summed E-state index contributed by atoms with van der Waals surface area (Å²) in [4.78, 5) is 8.55. The second-order valence-corrected chi connectivity index (χ2v) is 5.13. The normalized spacial score (nSPS) is 10.2. The van der Waals surface area contributed by atoms with E-state index in [0.29, 0.717) is 24.1 Å². The van der Waals surface area contributed by atoms with Crippen LogP contribution in [0.1, 0.15) is 5.56 Å². The van der Waals surface area contributed by atoms with Gasteiger partial charge in [0.25, 0.3) is 0 Å². The zero-order valence-electron chi connectivity index (χ0n) is 12.1. The summed E-state index contributed by atoms with van der Waals surface area (Å²) in [5, 5.41) is 3.85. The monoisotopic (exact) mass is 305 g/mol. The molecule has 4 N–H and O–H groups in total. The third kappa shape index (κ3) is 4.80. The largest absolute Gasteiger partial charge is 0.492 e. The number of anilines is 2. The van der Waals surface area contributed by atoms with Gasteiger partial charge in [0.1, 0.15) is 24.0 Å². The second kappa shape index (κ2) is 7.70. The molecule has 0 bridgehead atoms. The number of nitrogen functional groups attached to an aromatic ring is 1. The van der Waals surface area contributed by atoms with Crippen molar-refractivity contribution in [1.82, 2.24) is 9.97 Å². The molecule has 0 atom stereocenters. The number of hydrogen-bond acceptors (Lipinski definition) is 7. The molecule has 0 saturated heterocycles. The Morgan fingerprint density at radius 1 is 1.24 bits per heavy atom. The van der Waals surface area contributed by atoms with Gasteiger partial charge in [0.15, 0.2) is 5.16 Å². The van der Waals surface area contributed by atoms with E-state index < -0.39 is 0 Å². The lowest BCUT2D eigenvalue weighted by atomic mass is 10.2. The summed E-state index contributed by atoms with van der Waals surface area (Å²) in [6.45, 7) is 3.23. The molecular formula is C14H19N5OS. The summed E-state index contributed by atoms with van der Waals surface area (Å²) in [6.07, 6.45) is 1.92. The zero-order valence-corrected chi connectivity index (χ0v) is 12.9. The van der Waals surface area contributed by atoms with Gasteiger partial charge in [-0.3, -0.25) is 0 Å². The number of hydrogen-bond donors (Lipinski definition) is 3. The van der Waals surface area contributed by atoms with E-state index >= 15 is 0 Å². The Bertz CT molecular complexity index is 571. The minimum Gasteiger partial charge on any atom is -0.492 e. The molecule has 0 radical (unpaired) electrons. The first-order valence-electron chi connectivity index (χ1n) is 6.54. The van der Waals surface area contributed by atoms with Crippen molar-refractivity contribution in [3.8, 4) is 5.75 Å². The maximum absolute atomic E-state index is 5.67. The predicted octanol–water partition coefficient (Wildman–Crippen LogP) is 2.28. The average molecular weight is 305 g/mol. The second-order valence-electron chi connectivity index (χ2n) is 4.36. The summed E-state index contributed by atoms with van der Waals surface area (Å²) in [6, 6.07) is 9.73. The molecule has 2 rings (SSSR count). The van der Waals surface area contributed by atoms with Gasteiger partial charge in [0.2, 0.25) is 0 Å². The minimum absolute atomic E-state index is 0.549. The molecule has 0 saturated carbocycles. The van der Waals surface area contributed by atoms with Crippen LogP contribution in [0.4, 0.5) is 11.6 Å². The van der Waals surface area contributed by atoms with Crippen LogP contribution in [0.15, 0.2) is 35.5 Å². The quantitative estimate of drug-likeness (QED) is 0.238. The van der Waals surface area contributed by atoms with Crippen molar-refractivity contribution in [2.75, 3.05) is 30.1 Å². The van der Waals surface area contributed by atoms with Crippen LogP contribution in [-0.2, 0) is 0 Å². The van der Waals surface area contributed by atoms with E-state index in [1.54, 1.807) is 6.07 Å². The minimum atomic E-state index is 0.549. The molecule has 0 spiro atoms. The number of thioether (sulfide) groups is 1. The maximum Gasteiger partial charge on any atom is 0.191 e. The summed E-state index contributed by atoms with van der Waals surface area (Å²) < 4.78 is 5.67. The van der Waals surface area contributed by atoms with E-state index in [9.17, 15) is 0 Å². The molecule has 0 fully saturated rings. The number of benzene rings is 1. The standard InChI is InChI=1S/C14H19N5OS/c1-10-4-3-5-11(8-10)20-7-6-16-12-9-13(19-15)18-14(17-12)21-2/h3-5,8-9H,6-7,15H2,1-2H3,(H2,16,17,18,19). The van der Waals surface area contributed by atoms with Crippen molar-refractivity contribution in [2.45, 2.75) is 12.1 Å². The lowest BCUT2D eigenvalue weighted by Crippen LogP contribution is -2.14. The van der Waals surface area contributed by atoms with Crippen LogP contribution in [0.5, 0.6) is 5.75 Å². The van der Waals surface area contributed by atoms with Gasteiger partial charge in [-0.25, -0.2) is 15.8 Å². The fraction of sp³-hybridized carbons (Fsp3) is 0.286. The van der Waals surface area contributed by atoms with Gasteiger partial charge in [-0.2, -0.15) is 0 Å². The molecule has 21 heavy (non-hydrogen) atoms. The molecule has 1 heterocycles. The summed E-state index contributed by atoms with van der Waals surface area (Å²) in [5.74, 6) is 7.55. The van der Waals surface area contributed by atoms with Crippen LogP contribution >= 0.6 is 11.8 Å². The topological polar surface area (TPSA) is 85.1 Å². The van der Waals surface area contributed by atoms with Gasteiger partial charge in [-0.15, -0.1) is 0 Å². The lowest BCUT2D eigenvalue weighted by Gasteiger charge is -2.10. The van der Waals surface area contributed by atoms with E-state index in [1.165, 1.54) is 17.3 Å². The Balaban J connectivity index is 1.85. The molecule has 0 aliphatic carbocycles. The molecule has 7 heteroatoms. The van der Waals surface area contributed by atoms with Crippen LogP contribution < -0.4 is 21.3 Å².